The fourth-order valence-electron chi connectivity index (χ4n) is 2.68. The van der Waals surface area contributed by atoms with Crippen LogP contribution in [-0.2, 0) is 4.74 Å². The number of hydrogen-bond acceptors (Lipinski definition) is 6. The van der Waals surface area contributed by atoms with Crippen LogP contribution in [-0.4, -0.2) is 60.2 Å². The number of ether oxygens (including phenoxy) is 1. The number of nitrogens with zero attached hydrogens (tertiary/aromatic N) is 3. The van der Waals surface area contributed by atoms with Crippen LogP contribution >= 0.6 is 11.6 Å². The molecule has 0 atom stereocenters. The number of aryl methyl sites for hydroxylation is 1. The van der Waals surface area contributed by atoms with Crippen LogP contribution in [0.2, 0.25) is 5.02 Å². The van der Waals surface area contributed by atoms with E-state index in [1.807, 2.05) is 19.1 Å². The van der Waals surface area contributed by atoms with Gasteiger partial charge in [0.05, 0.1) is 13.2 Å². The number of rotatable bonds is 6. The van der Waals surface area contributed by atoms with Gasteiger partial charge in [-0.05, 0) is 31.2 Å². The van der Waals surface area contributed by atoms with Crippen LogP contribution in [0.25, 0.3) is 0 Å². The van der Waals surface area contributed by atoms with Gasteiger partial charge in [-0.3, -0.25) is 9.69 Å². The molecule has 1 aliphatic rings. The summed E-state index contributed by atoms with van der Waals surface area (Å²) in [6.07, 6.45) is 0. The van der Waals surface area contributed by atoms with Gasteiger partial charge in [0.25, 0.3) is 5.91 Å². The molecule has 0 saturated carbocycles. The first kappa shape index (κ1) is 18.6. The zero-order valence-corrected chi connectivity index (χ0v) is 15.4. The summed E-state index contributed by atoms with van der Waals surface area (Å²) >= 11 is 5.99. The van der Waals surface area contributed by atoms with Crippen molar-refractivity contribution in [2.45, 2.75) is 6.92 Å². The first-order valence-corrected chi connectivity index (χ1v) is 8.94. The molecule has 1 aromatic carbocycles. The van der Waals surface area contributed by atoms with E-state index in [1.165, 1.54) is 0 Å². The molecule has 1 saturated heterocycles. The summed E-state index contributed by atoms with van der Waals surface area (Å²) in [6, 6.07) is 8.93. The molecule has 0 unspecified atom stereocenters. The highest BCUT2D eigenvalue weighted by Gasteiger charge is 2.13. The van der Waals surface area contributed by atoms with Crippen LogP contribution in [0.1, 0.15) is 16.2 Å². The van der Waals surface area contributed by atoms with Crippen molar-refractivity contribution in [1.29, 1.82) is 0 Å². The molecule has 0 aliphatic carbocycles. The van der Waals surface area contributed by atoms with Crippen LogP contribution in [0.5, 0.6) is 0 Å². The molecule has 2 aromatic rings. The summed E-state index contributed by atoms with van der Waals surface area (Å²) in [6.45, 7) is 6.49. The summed E-state index contributed by atoms with van der Waals surface area (Å²) in [5.41, 5.74) is 1.81. The molecule has 0 bridgehead atoms. The topological polar surface area (TPSA) is 79.4 Å². The summed E-state index contributed by atoms with van der Waals surface area (Å²) in [4.78, 5) is 23.3. The van der Waals surface area contributed by atoms with E-state index in [0.717, 1.165) is 38.5 Å². The van der Waals surface area contributed by atoms with Gasteiger partial charge in [0.1, 0.15) is 5.69 Å². The van der Waals surface area contributed by atoms with Gasteiger partial charge in [0.2, 0.25) is 5.95 Å². The number of aromatic nitrogens is 2. The Morgan fingerprint density at radius 1 is 1.27 bits per heavy atom. The zero-order valence-electron chi connectivity index (χ0n) is 14.7. The number of nitrogens with one attached hydrogen (secondary N) is 2. The minimum absolute atomic E-state index is 0.210. The van der Waals surface area contributed by atoms with E-state index in [-0.39, 0.29) is 5.91 Å². The maximum atomic E-state index is 12.4. The largest absolute Gasteiger partial charge is 0.379 e. The fraction of sp³-hybridized carbons (Fsp3) is 0.389. The predicted octanol–water partition coefficient (Wildman–Crippen LogP) is 2.24. The number of carbonyl (C=O) groups is 1. The van der Waals surface area contributed by atoms with E-state index in [2.05, 4.69) is 25.5 Å². The molecule has 2 heterocycles. The molecule has 8 heteroatoms. The lowest BCUT2D eigenvalue weighted by Gasteiger charge is -2.26. The highest BCUT2D eigenvalue weighted by atomic mass is 35.5. The van der Waals surface area contributed by atoms with Crippen molar-refractivity contribution in [3.05, 3.63) is 46.7 Å². The second kappa shape index (κ2) is 8.93. The Morgan fingerprint density at radius 2 is 2.08 bits per heavy atom. The molecule has 1 amide bonds. The molecule has 7 nitrogen and oxygen atoms in total. The van der Waals surface area contributed by atoms with Gasteiger partial charge in [-0.1, -0.05) is 17.7 Å². The van der Waals surface area contributed by atoms with Gasteiger partial charge in [0, 0.05) is 42.6 Å². The number of hydrogen-bond donors (Lipinski definition) is 2. The summed E-state index contributed by atoms with van der Waals surface area (Å²) in [5.74, 6) is 0.156. The van der Waals surface area contributed by atoms with Crippen LogP contribution in [0.3, 0.4) is 0 Å². The zero-order chi connectivity index (χ0) is 18.4. The third-order valence-corrected chi connectivity index (χ3v) is 4.22. The highest BCUT2D eigenvalue weighted by Crippen LogP contribution is 2.18. The second-order valence-corrected chi connectivity index (χ2v) is 6.50. The van der Waals surface area contributed by atoms with Gasteiger partial charge < -0.3 is 15.4 Å². The third-order valence-electron chi connectivity index (χ3n) is 3.98. The standard InChI is InChI=1S/C18H22ClN5O2/c1-13-11-16(17(25)20-5-6-24-7-9-26-10-8-24)23-18(21-13)22-15-4-2-3-14(19)12-15/h2-4,11-12H,5-10H2,1H3,(H,20,25)(H,21,22,23). The van der Waals surface area contributed by atoms with Crippen molar-refractivity contribution in [2.24, 2.45) is 0 Å². The number of halogens is 1. The number of amides is 1. The highest BCUT2D eigenvalue weighted by molar-refractivity contribution is 6.30. The van der Waals surface area contributed by atoms with Crippen LogP contribution in [0.15, 0.2) is 30.3 Å². The summed E-state index contributed by atoms with van der Waals surface area (Å²) in [7, 11) is 0. The molecular formula is C18H22ClN5O2. The smallest absolute Gasteiger partial charge is 0.270 e. The minimum Gasteiger partial charge on any atom is -0.379 e. The van der Waals surface area contributed by atoms with E-state index in [9.17, 15) is 4.79 Å². The van der Waals surface area contributed by atoms with Crippen LogP contribution in [0.4, 0.5) is 11.6 Å². The second-order valence-electron chi connectivity index (χ2n) is 6.06. The summed E-state index contributed by atoms with van der Waals surface area (Å²) in [5, 5.41) is 6.61. The lowest BCUT2D eigenvalue weighted by Crippen LogP contribution is -2.41. The van der Waals surface area contributed by atoms with E-state index < -0.39 is 0 Å². The van der Waals surface area contributed by atoms with Crippen molar-refractivity contribution in [3.63, 3.8) is 0 Å². The predicted molar refractivity (Wildman–Crippen MR) is 101 cm³/mol. The fourth-order valence-corrected chi connectivity index (χ4v) is 2.87. The van der Waals surface area contributed by atoms with Gasteiger partial charge in [-0.25, -0.2) is 9.97 Å². The Bertz CT molecular complexity index is 765. The molecule has 0 radical (unpaired) electrons. The van der Waals surface area contributed by atoms with E-state index in [4.69, 9.17) is 16.3 Å². The molecule has 1 fully saturated rings. The Morgan fingerprint density at radius 3 is 2.85 bits per heavy atom. The summed E-state index contributed by atoms with van der Waals surface area (Å²) < 4.78 is 5.32. The lowest BCUT2D eigenvalue weighted by atomic mass is 10.3. The monoisotopic (exact) mass is 375 g/mol. The van der Waals surface area contributed by atoms with Crippen molar-refractivity contribution in [1.82, 2.24) is 20.2 Å². The van der Waals surface area contributed by atoms with E-state index in [0.29, 0.717) is 28.9 Å². The molecule has 2 N–H and O–H groups in total. The minimum atomic E-state index is -0.210. The van der Waals surface area contributed by atoms with Crippen LogP contribution in [0, 0.1) is 6.92 Å². The van der Waals surface area contributed by atoms with Gasteiger partial charge in [-0.2, -0.15) is 0 Å². The molecule has 0 spiro atoms. The molecule has 3 rings (SSSR count). The maximum Gasteiger partial charge on any atom is 0.270 e. The Hall–Kier alpha value is -2.22. The SMILES string of the molecule is Cc1cc(C(=O)NCCN2CCOCC2)nc(Nc2cccc(Cl)c2)n1. The average Bonchev–Trinajstić information content (AvgIpc) is 2.62. The van der Waals surface area contributed by atoms with E-state index >= 15 is 0 Å². The molecule has 26 heavy (non-hydrogen) atoms. The number of morpholine rings is 1. The van der Waals surface area contributed by atoms with Crippen molar-refractivity contribution in [3.8, 4) is 0 Å². The normalized spacial score (nSPS) is 14.8. The van der Waals surface area contributed by atoms with Crippen molar-refractivity contribution in [2.75, 3.05) is 44.7 Å². The molecule has 1 aromatic heterocycles. The molecular weight excluding hydrogens is 354 g/mol. The van der Waals surface area contributed by atoms with Gasteiger partial charge in [-0.15, -0.1) is 0 Å². The Kier molecular flexibility index (Phi) is 6.38. The van der Waals surface area contributed by atoms with Crippen molar-refractivity contribution >= 4 is 29.1 Å². The lowest BCUT2D eigenvalue weighted by molar-refractivity contribution is 0.0383. The Balaban J connectivity index is 1.60. The van der Waals surface area contributed by atoms with Crippen LogP contribution < -0.4 is 10.6 Å². The quantitative estimate of drug-likeness (QED) is 0.806. The third kappa shape index (κ3) is 5.39. The number of anilines is 2. The first-order valence-electron chi connectivity index (χ1n) is 8.57. The van der Waals surface area contributed by atoms with Gasteiger partial charge >= 0.3 is 0 Å². The average molecular weight is 376 g/mol. The number of carbonyl (C=O) groups excluding carboxylic acids is 1. The van der Waals surface area contributed by atoms with E-state index in [1.54, 1.807) is 18.2 Å². The number of benzene rings is 1. The Labute approximate surface area is 157 Å². The van der Waals surface area contributed by atoms with Gasteiger partial charge in [0.15, 0.2) is 0 Å². The van der Waals surface area contributed by atoms with Crippen molar-refractivity contribution < 1.29 is 9.53 Å². The molecule has 1 aliphatic heterocycles. The molecule has 138 valence electrons. The maximum absolute atomic E-state index is 12.4. The first-order chi connectivity index (χ1) is 12.6.